The molecule has 0 saturated carbocycles. The van der Waals surface area contributed by atoms with Crippen LogP contribution in [-0.4, -0.2) is 87.6 Å². The van der Waals surface area contributed by atoms with Crippen LogP contribution in [0.5, 0.6) is 0 Å². The van der Waals surface area contributed by atoms with E-state index in [1.54, 1.807) is 57.7 Å². The molecule has 390 valence electrons. The predicted octanol–water partition coefficient (Wildman–Crippen LogP) is -13.6. The van der Waals surface area contributed by atoms with Crippen molar-refractivity contribution >= 4 is 75.7 Å². The van der Waals surface area contributed by atoms with Crippen molar-refractivity contribution in [3.8, 4) is 0 Å². The first-order valence-electron chi connectivity index (χ1n) is 21.1. The molecular formula is C44H65B3BrCl3IN9O6S4. The summed E-state index contributed by atoms with van der Waals surface area (Å²) in [4.78, 5) is 30.8. The van der Waals surface area contributed by atoms with E-state index >= 15 is 0 Å². The maximum absolute atomic E-state index is 11.8. The van der Waals surface area contributed by atoms with Crippen LogP contribution in [0.25, 0.3) is 0 Å². The van der Waals surface area contributed by atoms with Gasteiger partial charge in [-0.25, -0.2) is 19.7 Å². The Labute approximate surface area is 487 Å². The number of nitrogens with one attached hydrogen (secondary N) is 2. The van der Waals surface area contributed by atoms with Crippen molar-refractivity contribution in [3.63, 3.8) is 0 Å². The van der Waals surface area contributed by atoms with Gasteiger partial charge < -0.3 is 104 Å². The van der Waals surface area contributed by atoms with Crippen LogP contribution in [0.1, 0.15) is 72.1 Å². The summed E-state index contributed by atoms with van der Waals surface area (Å²) < 4.78 is 21.5. The van der Waals surface area contributed by atoms with E-state index in [9.17, 15) is 4.79 Å². The van der Waals surface area contributed by atoms with Crippen LogP contribution in [-0.2, 0) is 57.1 Å². The van der Waals surface area contributed by atoms with Gasteiger partial charge in [-0.3, -0.25) is 4.98 Å². The van der Waals surface area contributed by atoms with Crippen molar-refractivity contribution in [3.05, 3.63) is 146 Å². The van der Waals surface area contributed by atoms with Crippen LogP contribution in [0.15, 0.2) is 69.6 Å². The Morgan fingerprint density at radius 2 is 1.10 bits per heavy atom. The van der Waals surface area contributed by atoms with Gasteiger partial charge in [0.2, 0.25) is 22.0 Å². The smallest absolute Gasteiger partial charge is 1.00 e. The number of aliphatic hydroxyl groups is 4. The molecule has 0 spiro atoms. The molecule has 0 saturated heterocycles. The van der Waals surface area contributed by atoms with Crippen LogP contribution in [0, 0.1) is 41.5 Å². The summed E-state index contributed by atoms with van der Waals surface area (Å²) in [7, 11) is 9.02. The molecule has 0 aliphatic heterocycles. The van der Waals surface area contributed by atoms with E-state index in [0.29, 0.717) is 43.1 Å². The summed E-state index contributed by atoms with van der Waals surface area (Å²) in [5.41, 5.74) is 21.8. The second kappa shape index (κ2) is 41.7. The fraction of sp³-hybridized carbons (Fsp3) is 0.409. The number of nitrogen functional groups attached to an aromatic ring is 1. The molecule has 7 rings (SSSR count). The normalized spacial score (nSPS) is 9.46. The SMILES string of the molecule is Cc1[nH]c(=O)c(C[n+]2csc(CCO)c2C)c[nH+]1.Cc1c(CCO)sc[n+]1C.Cc1c(CCO)sc[n+]1Cc1ccccc1.Cc1ncc(C[n+]2csc(CCO)c2C)c(N)n1.[3HH].[3H][B].[B].[B]=O.[Br-].[Cl-].[Cl-].[Cl-].[I-]. The Balaban J connectivity index is -0.000000197. The van der Waals surface area contributed by atoms with E-state index < -0.39 is 0 Å². The molecule has 0 fully saturated rings. The number of nitrogens with zero attached hydrogens (tertiary/aromatic N) is 6. The quantitative estimate of drug-likeness (QED) is 0.0347. The van der Waals surface area contributed by atoms with Gasteiger partial charge in [-0.1, -0.05) is 75.7 Å². The molecule has 0 aliphatic carbocycles. The summed E-state index contributed by atoms with van der Waals surface area (Å²) in [6, 6.07) is 10.4. The average molecular weight is 1290 g/mol. The van der Waals surface area contributed by atoms with Gasteiger partial charge in [0.15, 0.2) is 42.4 Å². The molecule has 0 amide bonds. The molecule has 15 nitrogen and oxygen atoms in total. The van der Waals surface area contributed by atoms with Gasteiger partial charge in [-0.05, 0) is 8.26 Å². The Morgan fingerprint density at radius 1 is 0.704 bits per heavy atom. The van der Waals surface area contributed by atoms with Crippen LogP contribution in [0.2, 0.25) is 0 Å². The van der Waals surface area contributed by atoms with Gasteiger partial charge in [0.25, 0.3) is 5.82 Å². The van der Waals surface area contributed by atoms with E-state index in [1.807, 2.05) is 56.4 Å². The van der Waals surface area contributed by atoms with E-state index in [0.717, 1.165) is 47.0 Å². The van der Waals surface area contributed by atoms with Crippen molar-refractivity contribution < 1.29 is 128 Å². The van der Waals surface area contributed by atoms with Crippen molar-refractivity contribution in [2.75, 3.05) is 32.2 Å². The van der Waals surface area contributed by atoms with Gasteiger partial charge >= 0.3 is 18.0 Å². The summed E-state index contributed by atoms with van der Waals surface area (Å²) in [6.07, 6.45) is 6.43. The van der Waals surface area contributed by atoms with Gasteiger partial charge in [0, 0.05) is 117 Å². The number of aliphatic hydroxyl groups excluding tert-OH is 4. The molecule has 0 bridgehead atoms. The van der Waals surface area contributed by atoms with Crippen molar-refractivity contribution in [2.45, 2.75) is 86.9 Å². The number of aromatic amines is 2. The number of hydrogen-bond acceptors (Lipinski definition) is 13. The predicted molar refractivity (Wildman–Crippen MR) is 266 cm³/mol. The number of aromatic nitrogens is 8. The molecule has 6 heterocycles. The number of H-pyrrole nitrogens is 2. The van der Waals surface area contributed by atoms with Gasteiger partial charge in [0.1, 0.15) is 30.5 Å². The number of rotatable bonds is 14. The van der Waals surface area contributed by atoms with E-state index in [4.69, 9.17) is 32.2 Å². The fourth-order valence-corrected chi connectivity index (χ4v) is 10.1. The molecule has 7 aromatic rings. The maximum Gasteiger partial charge on any atom is -1.00 e. The van der Waals surface area contributed by atoms with E-state index in [-0.39, 0.29) is 120 Å². The maximum atomic E-state index is 11.8. The first-order valence-corrected chi connectivity index (χ1v) is 24.0. The molecule has 71 heavy (non-hydrogen) atoms. The summed E-state index contributed by atoms with van der Waals surface area (Å²) in [6.45, 7) is 14.8. The standard InChI is InChI=1S/C13H16NOS.C12H17N4OS.C12H15N3O2S.C7H12NOS.BO.BH.B.BrH.3ClH.HI.H2/c1-11-13(7-8-15)16-10-14(11)9-12-5-3-2-4-6-12;1-8-11(3-4-17)18-7-16(8)6-10-5-14-9(2)15-12(10)13;1-8-11(3-4-16)18-7-15(8)6-10-5-13-9(2)14-12(10)17;1-6-7(3-4-9)10-5-8(6)2;1-2;;;;;;;;/h2-6,10,15H,7-9H2,1H3;5,7,17H,3-4,6H2,1-2H3,(H2,13,14,15);5,7,16H,3-4,6H2,1-2H3;5,9H,3-4H2,1-2H3;;1H;;6*1H/q2*+1;;+1;;;;;;;;;/p-3/i;;;;;1T;;;;;;;1+2. The number of nitrogens with two attached hydrogens (primary N) is 1. The molecule has 0 aliphatic rings. The molecule has 0 atom stereocenters. The number of aryl methyl sites for hydroxylation is 3. The van der Waals surface area contributed by atoms with Crippen LogP contribution in [0.4, 0.5) is 5.82 Å². The molecular weight excluding hydrogens is 1220 g/mol. The third kappa shape index (κ3) is 25.0. The zero-order valence-corrected chi connectivity index (χ0v) is 50.0. The topological polar surface area (TPSA) is 212 Å². The monoisotopic (exact) mass is 1290 g/mol. The minimum atomic E-state index is -0.0620. The first-order chi connectivity index (χ1) is 31.8. The summed E-state index contributed by atoms with van der Waals surface area (Å²) in [5, 5.41) is 35.5. The second-order valence-corrected chi connectivity index (χ2v) is 18.3. The minimum absolute atomic E-state index is 0. The van der Waals surface area contributed by atoms with Gasteiger partial charge in [-0.2, -0.15) is 18.3 Å². The van der Waals surface area contributed by atoms with E-state index in [1.165, 1.54) is 31.6 Å². The van der Waals surface area contributed by atoms with Gasteiger partial charge in [-0.15, -0.1) is 0 Å². The van der Waals surface area contributed by atoms with Crippen molar-refractivity contribution in [1.29, 1.82) is 1.34 Å². The molecule has 8 N–H and O–H groups in total. The molecule has 6 radical (unpaired) electrons. The third-order valence-electron chi connectivity index (χ3n) is 10.1. The number of halogens is 5. The fourth-order valence-electron chi connectivity index (χ4n) is 6.14. The third-order valence-corrected chi connectivity index (χ3v) is 14.7. The van der Waals surface area contributed by atoms with Crippen LogP contribution >= 0.6 is 45.3 Å². The average Bonchev–Trinajstić information content (AvgIpc) is 4.05. The Morgan fingerprint density at radius 3 is 1.48 bits per heavy atom. The van der Waals surface area contributed by atoms with E-state index in [2.05, 4.69) is 98.9 Å². The largest absolute Gasteiger partial charge is 1.00 e. The zero-order chi connectivity index (χ0) is 49.2. The second-order valence-electron chi connectivity index (χ2n) is 14.5. The number of hydrogen-bond donors (Lipinski definition) is 6. The van der Waals surface area contributed by atoms with Crippen molar-refractivity contribution in [2.24, 2.45) is 7.05 Å². The minimum Gasteiger partial charge on any atom is -1.00 e. The summed E-state index contributed by atoms with van der Waals surface area (Å²) in [5.74, 6) is 1.96. The number of anilines is 1. The van der Waals surface area contributed by atoms with Crippen LogP contribution in [0.3, 0.4) is 0 Å². The molecule has 6 aromatic heterocycles. The number of benzene rings is 1. The molecule has 1 aromatic carbocycles. The van der Waals surface area contributed by atoms with Crippen molar-refractivity contribution in [1.82, 2.24) is 15.0 Å². The zero-order valence-electron chi connectivity index (χ0n) is 41.7. The molecule has 27 heteroatoms. The Kier molecular flexibility index (Phi) is 44.0. The first kappa shape index (κ1) is 74.9. The Hall–Kier alpha value is -2.59. The van der Waals surface area contributed by atoms with Crippen LogP contribution < -0.4 is 113 Å². The molecule has 0 unspecified atom stereocenters. The number of thiazole rings is 4. The van der Waals surface area contributed by atoms with Gasteiger partial charge in [0.05, 0.1) is 25.1 Å². The Bertz CT molecular complexity index is 2580. The summed E-state index contributed by atoms with van der Waals surface area (Å²) >= 11 is 6.69.